The summed E-state index contributed by atoms with van der Waals surface area (Å²) in [6.45, 7) is 6.81. The average molecular weight is 290 g/mol. The Morgan fingerprint density at radius 3 is 2.38 bits per heavy atom. The number of hydrogen-bond donors (Lipinski definition) is 2. The lowest BCUT2D eigenvalue weighted by molar-refractivity contribution is -0.143. The van der Waals surface area contributed by atoms with Gasteiger partial charge in [0, 0.05) is 18.8 Å². The van der Waals surface area contributed by atoms with Crippen molar-refractivity contribution in [2.45, 2.75) is 27.2 Å². The van der Waals surface area contributed by atoms with Crippen molar-refractivity contribution in [2.75, 3.05) is 18.4 Å². The van der Waals surface area contributed by atoms with Crippen LogP contribution in [0.15, 0.2) is 18.2 Å². The molecular weight excluding hydrogens is 268 g/mol. The fourth-order valence-corrected chi connectivity index (χ4v) is 2.95. The third-order valence-electron chi connectivity index (χ3n) is 3.77. The minimum absolute atomic E-state index is 0.199. The van der Waals surface area contributed by atoms with E-state index in [4.69, 9.17) is 5.11 Å². The Kier molecular flexibility index (Phi) is 4.50. The molecule has 1 aliphatic rings. The van der Waals surface area contributed by atoms with E-state index in [1.165, 1.54) is 0 Å². The van der Waals surface area contributed by atoms with Crippen LogP contribution in [-0.4, -0.2) is 35.1 Å². The third-order valence-corrected chi connectivity index (χ3v) is 3.77. The molecule has 0 bridgehead atoms. The molecule has 2 amide bonds. The number of likely N-dealkylation sites (tertiary alicyclic amines) is 1. The van der Waals surface area contributed by atoms with E-state index in [0.717, 1.165) is 16.8 Å². The van der Waals surface area contributed by atoms with E-state index < -0.39 is 11.9 Å². The Balaban J connectivity index is 2.06. The summed E-state index contributed by atoms with van der Waals surface area (Å²) in [5, 5.41) is 12.0. The van der Waals surface area contributed by atoms with Crippen LogP contribution in [0.4, 0.5) is 10.5 Å². The molecule has 2 atom stereocenters. The number of nitrogens with zero attached hydrogens (tertiary/aromatic N) is 1. The fourth-order valence-electron chi connectivity index (χ4n) is 2.95. The first-order valence-corrected chi connectivity index (χ1v) is 7.22. The number of carboxylic acid groups (broad SMARTS) is 1. The summed E-state index contributed by atoms with van der Waals surface area (Å²) in [5.41, 5.74) is 2.92. The monoisotopic (exact) mass is 290 g/mol. The van der Waals surface area contributed by atoms with Crippen molar-refractivity contribution < 1.29 is 14.7 Å². The van der Waals surface area contributed by atoms with Crippen LogP contribution in [0.3, 0.4) is 0 Å². The van der Waals surface area contributed by atoms with Crippen molar-refractivity contribution in [3.8, 4) is 0 Å². The number of carboxylic acids is 1. The number of urea groups is 1. The molecule has 1 aromatic carbocycles. The second-order valence-electron chi connectivity index (χ2n) is 6.09. The molecule has 0 aromatic heterocycles. The summed E-state index contributed by atoms with van der Waals surface area (Å²) < 4.78 is 0. The lowest BCUT2D eigenvalue weighted by atomic mass is 9.91. The molecule has 21 heavy (non-hydrogen) atoms. The van der Waals surface area contributed by atoms with Gasteiger partial charge in [0.1, 0.15) is 0 Å². The van der Waals surface area contributed by atoms with Crippen molar-refractivity contribution in [1.82, 2.24) is 4.90 Å². The predicted molar refractivity (Wildman–Crippen MR) is 81.4 cm³/mol. The van der Waals surface area contributed by atoms with Gasteiger partial charge in [-0.05, 0) is 49.4 Å². The van der Waals surface area contributed by atoms with Gasteiger partial charge in [-0.25, -0.2) is 4.79 Å². The molecule has 0 aliphatic carbocycles. The zero-order valence-corrected chi connectivity index (χ0v) is 12.7. The summed E-state index contributed by atoms with van der Waals surface area (Å²) in [5.74, 6) is -1.10. The van der Waals surface area contributed by atoms with Crippen LogP contribution in [-0.2, 0) is 4.79 Å². The summed E-state index contributed by atoms with van der Waals surface area (Å²) in [4.78, 5) is 25.1. The van der Waals surface area contributed by atoms with Gasteiger partial charge in [0.05, 0.1) is 5.92 Å². The van der Waals surface area contributed by atoms with E-state index in [9.17, 15) is 9.59 Å². The Morgan fingerprint density at radius 2 is 1.81 bits per heavy atom. The number of anilines is 1. The normalized spacial score (nSPS) is 22.0. The molecule has 2 rings (SSSR count). The topological polar surface area (TPSA) is 69.6 Å². The standard InChI is InChI=1S/C16H22N2O3/c1-10-4-11(2)7-14(6-10)17-16(21)18-8-12(3)5-13(9-18)15(19)20/h4,6-7,12-13H,5,8-9H2,1-3H3,(H,17,21)(H,19,20). The van der Waals surface area contributed by atoms with Gasteiger partial charge >= 0.3 is 12.0 Å². The molecule has 1 heterocycles. The van der Waals surface area contributed by atoms with E-state index in [1.54, 1.807) is 4.90 Å². The molecule has 114 valence electrons. The number of aryl methyl sites for hydroxylation is 2. The van der Waals surface area contributed by atoms with Gasteiger partial charge in [-0.3, -0.25) is 4.79 Å². The van der Waals surface area contributed by atoms with Crippen molar-refractivity contribution in [2.24, 2.45) is 11.8 Å². The lowest BCUT2D eigenvalue weighted by Gasteiger charge is -2.34. The van der Waals surface area contributed by atoms with Gasteiger partial charge < -0.3 is 15.3 Å². The molecule has 0 spiro atoms. The van der Waals surface area contributed by atoms with Gasteiger partial charge in [-0.2, -0.15) is 0 Å². The predicted octanol–water partition coefficient (Wildman–Crippen LogP) is 2.88. The molecule has 1 saturated heterocycles. The summed E-state index contributed by atoms with van der Waals surface area (Å²) >= 11 is 0. The maximum absolute atomic E-state index is 12.3. The number of amides is 2. The van der Waals surface area contributed by atoms with Gasteiger partial charge in [0.25, 0.3) is 0 Å². The third kappa shape index (κ3) is 3.97. The van der Waals surface area contributed by atoms with Crippen LogP contribution >= 0.6 is 0 Å². The number of carbonyl (C=O) groups is 2. The number of carbonyl (C=O) groups excluding carboxylic acids is 1. The largest absolute Gasteiger partial charge is 0.481 e. The molecule has 2 unspecified atom stereocenters. The molecule has 5 nitrogen and oxygen atoms in total. The Bertz CT molecular complexity index is 536. The van der Waals surface area contributed by atoms with Crippen LogP contribution in [0.25, 0.3) is 0 Å². The molecular formula is C16H22N2O3. The van der Waals surface area contributed by atoms with Gasteiger partial charge in [0.15, 0.2) is 0 Å². The number of hydrogen-bond acceptors (Lipinski definition) is 2. The average Bonchev–Trinajstić information content (AvgIpc) is 2.36. The highest BCUT2D eigenvalue weighted by atomic mass is 16.4. The Morgan fingerprint density at radius 1 is 1.19 bits per heavy atom. The van der Waals surface area contributed by atoms with E-state index in [0.29, 0.717) is 13.0 Å². The first-order chi connectivity index (χ1) is 9.85. The maximum atomic E-state index is 12.3. The smallest absolute Gasteiger partial charge is 0.321 e. The zero-order valence-electron chi connectivity index (χ0n) is 12.7. The highest BCUT2D eigenvalue weighted by Crippen LogP contribution is 2.23. The number of piperidine rings is 1. The van der Waals surface area contributed by atoms with Crippen LogP contribution < -0.4 is 5.32 Å². The van der Waals surface area contributed by atoms with E-state index in [-0.39, 0.29) is 18.5 Å². The van der Waals surface area contributed by atoms with Crippen LogP contribution in [0.5, 0.6) is 0 Å². The maximum Gasteiger partial charge on any atom is 0.321 e. The second-order valence-corrected chi connectivity index (χ2v) is 6.09. The zero-order chi connectivity index (χ0) is 15.6. The number of nitrogens with one attached hydrogen (secondary N) is 1. The first-order valence-electron chi connectivity index (χ1n) is 7.22. The minimum atomic E-state index is -0.828. The Labute approximate surface area is 125 Å². The summed E-state index contributed by atoms with van der Waals surface area (Å²) in [6, 6.07) is 5.64. The fraction of sp³-hybridized carbons (Fsp3) is 0.500. The van der Waals surface area contributed by atoms with Crippen LogP contribution in [0.1, 0.15) is 24.5 Å². The van der Waals surface area contributed by atoms with Crippen molar-refractivity contribution >= 4 is 17.7 Å². The molecule has 1 fully saturated rings. The van der Waals surface area contributed by atoms with E-state index >= 15 is 0 Å². The van der Waals surface area contributed by atoms with Crippen LogP contribution in [0.2, 0.25) is 0 Å². The van der Waals surface area contributed by atoms with Crippen molar-refractivity contribution in [3.05, 3.63) is 29.3 Å². The molecule has 5 heteroatoms. The summed E-state index contributed by atoms with van der Waals surface area (Å²) in [6.07, 6.45) is 0.628. The molecule has 1 aromatic rings. The summed E-state index contributed by atoms with van der Waals surface area (Å²) in [7, 11) is 0. The quantitative estimate of drug-likeness (QED) is 0.880. The van der Waals surface area contributed by atoms with E-state index in [2.05, 4.69) is 5.32 Å². The molecule has 2 N–H and O–H groups in total. The minimum Gasteiger partial charge on any atom is -0.481 e. The lowest BCUT2D eigenvalue weighted by Crippen LogP contribution is -2.47. The molecule has 0 saturated carbocycles. The van der Waals surface area contributed by atoms with Gasteiger partial charge in [-0.15, -0.1) is 0 Å². The molecule has 1 aliphatic heterocycles. The number of rotatable bonds is 2. The van der Waals surface area contributed by atoms with Gasteiger partial charge in [0.2, 0.25) is 0 Å². The van der Waals surface area contributed by atoms with Crippen molar-refractivity contribution in [1.29, 1.82) is 0 Å². The number of benzene rings is 1. The van der Waals surface area contributed by atoms with Crippen LogP contribution in [0, 0.1) is 25.7 Å². The SMILES string of the molecule is Cc1cc(C)cc(NC(=O)N2CC(C)CC(C(=O)O)C2)c1. The van der Waals surface area contributed by atoms with E-state index in [1.807, 2.05) is 39.0 Å². The number of aliphatic carboxylic acids is 1. The highest BCUT2D eigenvalue weighted by Gasteiger charge is 2.31. The van der Waals surface area contributed by atoms with Crippen molar-refractivity contribution in [3.63, 3.8) is 0 Å². The Hall–Kier alpha value is -2.04. The highest BCUT2D eigenvalue weighted by molar-refractivity contribution is 5.90. The first kappa shape index (κ1) is 15.4. The van der Waals surface area contributed by atoms with Gasteiger partial charge in [-0.1, -0.05) is 13.0 Å². The second kappa shape index (κ2) is 6.16. The molecule has 0 radical (unpaired) electrons.